The first-order valence-electron chi connectivity index (χ1n) is 21.4. The van der Waals surface area contributed by atoms with Gasteiger partial charge in [0.2, 0.25) is 33.7 Å². The third kappa shape index (κ3) is 10.8. The molecule has 65 heavy (non-hydrogen) atoms. The highest BCUT2D eigenvalue weighted by atomic mass is 32.2. The molecule has 344 valence electrons. The van der Waals surface area contributed by atoms with Crippen LogP contribution in [-0.2, 0) is 40.5 Å². The number of nitrogens with one attached hydrogen (secondary N) is 6. The molecule has 0 bridgehead atoms. The average Bonchev–Trinajstić information content (AvgIpc) is 3.54. The Kier molecular flexibility index (Phi) is 13.6. The van der Waals surface area contributed by atoms with Gasteiger partial charge in [0, 0.05) is 50.3 Å². The van der Waals surface area contributed by atoms with Crippen molar-refractivity contribution < 1.29 is 51.8 Å². The quantitative estimate of drug-likeness (QED) is 0.0947. The van der Waals surface area contributed by atoms with Crippen LogP contribution in [0.1, 0.15) is 63.6 Å². The van der Waals surface area contributed by atoms with Crippen molar-refractivity contribution in [3.05, 3.63) is 89.0 Å². The number of carbonyl (C=O) groups is 7. The molecule has 3 aromatic carbocycles. The number of sulfonamides is 1. The molecule has 0 spiro atoms. The van der Waals surface area contributed by atoms with E-state index in [0.29, 0.717) is 25.1 Å². The number of piperidine rings is 1. The molecular formula is C44H50N8O11S2. The second-order valence-corrected chi connectivity index (χ2v) is 20.0. The minimum Gasteiger partial charge on any atom is -0.484 e. The summed E-state index contributed by atoms with van der Waals surface area (Å²) in [4.78, 5) is 89.5. The maximum Gasteiger partial charge on any atom is 0.262 e. The zero-order valence-electron chi connectivity index (χ0n) is 35.4. The summed E-state index contributed by atoms with van der Waals surface area (Å²) >= 11 is 1.54. The van der Waals surface area contributed by atoms with Crippen LogP contribution in [-0.4, -0.2) is 127 Å². The van der Waals surface area contributed by atoms with Gasteiger partial charge in [-0.15, -0.1) is 11.8 Å². The monoisotopic (exact) mass is 930 g/mol. The lowest BCUT2D eigenvalue weighted by Crippen LogP contribution is -2.57. The Morgan fingerprint density at radius 1 is 0.892 bits per heavy atom. The standard InChI is InChI=1S/C44H50N8O11S2/c1-65(61,62)51-13-12-28(21-51)39(56)47-20-37(54)50-44-48-34(23-64-44)27-7-3-6-26(15-27)25-5-2-4-24(14-25)18-46-40(57)32-16-29(32)19-45-38(55)22-63-30-8-9-31-33(17-30)43(60)52(42(31)59)35-10-11-36(53)49-41(35)58/h2-9,14-15,17,28-29,32,34-35,41,44,48,58H,10-13,16,18-23H2,1H3,(H,45,55)(H,46,57)(H,47,56)(H,49,53)(H,50,54). The van der Waals surface area contributed by atoms with Crippen LogP contribution in [0.25, 0.3) is 11.1 Å². The Hall–Kier alpha value is -5.87. The minimum atomic E-state index is -3.37. The summed E-state index contributed by atoms with van der Waals surface area (Å²) in [6, 6.07) is 19.3. The fourth-order valence-corrected chi connectivity index (χ4v) is 10.6. The minimum absolute atomic E-state index is 0.0301. The molecule has 8 rings (SSSR count). The summed E-state index contributed by atoms with van der Waals surface area (Å²) < 4.78 is 30.4. The smallest absolute Gasteiger partial charge is 0.262 e. The van der Waals surface area contributed by atoms with E-state index in [1.807, 2.05) is 42.5 Å². The Morgan fingerprint density at radius 3 is 2.43 bits per heavy atom. The van der Waals surface area contributed by atoms with E-state index < -0.39 is 45.9 Å². The Labute approximate surface area is 379 Å². The van der Waals surface area contributed by atoms with Crippen LogP contribution in [0, 0.1) is 17.8 Å². The number of aliphatic hydroxyl groups is 1. The highest BCUT2D eigenvalue weighted by Crippen LogP contribution is 2.38. The van der Waals surface area contributed by atoms with Crippen molar-refractivity contribution in [2.75, 3.05) is 44.8 Å². The number of rotatable bonds is 16. The average molecular weight is 931 g/mol. The molecule has 1 aliphatic carbocycles. The van der Waals surface area contributed by atoms with Crippen LogP contribution in [0.3, 0.4) is 0 Å². The molecule has 1 saturated carbocycles. The first-order valence-corrected chi connectivity index (χ1v) is 24.3. The van der Waals surface area contributed by atoms with E-state index >= 15 is 0 Å². The van der Waals surface area contributed by atoms with Gasteiger partial charge >= 0.3 is 0 Å². The molecule has 7 atom stereocenters. The van der Waals surface area contributed by atoms with E-state index in [2.05, 4.69) is 38.0 Å². The second kappa shape index (κ2) is 19.3. The Morgan fingerprint density at radius 2 is 1.66 bits per heavy atom. The van der Waals surface area contributed by atoms with Crippen LogP contribution in [0.2, 0.25) is 0 Å². The fraction of sp³-hybridized carbons (Fsp3) is 0.432. The summed E-state index contributed by atoms with van der Waals surface area (Å²) in [5.74, 6) is -2.64. The number of amides is 7. The highest BCUT2D eigenvalue weighted by molar-refractivity contribution is 8.00. The molecule has 0 radical (unpaired) electrons. The van der Waals surface area contributed by atoms with Gasteiger partial charge in [0.05, 0.1) is 35.9 Å². The van der Waals surface area contributed by atoms with Crippen LogP contribution in [0.4, 0.5) is 0 Å². The molecule has 7 unspecified atom stereocenters. The van der Waals surface area contributed by atoms with Gasteiger partial charge < -0.3 is 36.4 Å². The number of hydrogen-bond acceptors (Lipinski definition) is 13. The molecule has 19 nitrogen and oxygen atoms in total. The van der Waals surface area contributed by atoms with Gasteiger partial charge in [-0.05, 0) is 77.8 Å². The maximum absolute atomic E-state index is 13.1. The number of ether oxygens (including phenoxy) is 1. The number of benzene rings is 3. The molecule has 3 aromatic rings. The molecule has 0 aromatic heterocycles. The van der Waals surface area contributed by atoms with Crippen molar-refractivity contribution in [3.63, 3.8) is 0 Å². The van der Waals surface area contributed by atoms with Crippen molar-refractivity contribution in [3.8, 4) is 16.9 Å². The fourth-order valence-electron chi connectivity index (χ4n) is 8.52. The largest absolute Gasteiger partial charge is 0.484 e. The summed E-state index contributed by atoms with van der Waals surface area (Å²) in [5, 5.41) is 27.4. The topological polar surface area (TPSA) is 262 Å². The van der Waals surface area contributed by atoms with Crippen LogP contribution in [0.15, 0.2) is 66.7 Å². The van der Waals surface area contributed by atoms with Gasteiger partial charge in [-0.25, -0.2) is 12.7 Å². The highest BCUT2D eigenvalue weighted by Gasteiger charge is 2.45. The number of imide groups is 1. The normalized spacial score (nSPS) is 25.1. The van der Waals surface area contributed by atoms with E-state index in [0.717, 1.165) is 33.4 Å². The zero-order chi connectivity index (χ0) is 46.0. The van der Waals surface area contributed by atoms with Gasteiger partial charge in [-0.3, -0.25) is 43.8 Å². The van der Waals surface area contributed by atoms with Crippen LogP contribution >= 0.6 is 11.8 Å². The lowest BCUT2D eigenvalue weighted by molar-refractivity contribution is -0.129. The summed E-state index contributed by atoms with van der Waals surface area (Å²) in [6.07, 6.45) is 0.985. The first-order chi connectivity index (χ1) is 31.1. The van der Waals surface area contributed by atoms with Gasteiger partial charge in [0.15, 0.2) is 6.61 Å². The molecule has 4 fully saturated rings. The predicted octanol–water partition coefficient (Wildman–Crippen LogP) is 0.169. The van der Waals surface area contributed by atoms with Crippen molar-refractivity contribution in [2.24, 2.45) is 17.8 Å². The van der Waals surface area contributed by atoms with Gasteiger partial charge in [-0.2, -0.15) is 0 Å². The number of carbonyl (C=O) groups excluding carboxylic acids is 7. The summed E-state index contributed by atoms with van der Waals surface area (Å²) in [7, 11) is -3.37. The molecule has 5 aliphatic rings. The zero-order valence-corrected chi connectivity index (χ0v) is 37.0. The Bertz CT molecular complexity index is 2520. The number of hydrogen-bond donors (Lipinski definition) is 7. The van der Waals surface area contributed by atoms with E-state index in [-0.39, 0.29) is 110 Å². The van der Waals surface area contributed by atoms with E-state index in [1.54, 1.807) is 11.8 Å². The number of thioether (sulfide) groups is 1. The number of nitrogens with zero attached hydrogens (tertiary/aromatic N) is 2. The maximum atomic E-state index is 13.1. The third-order valence-corrected chi connectivity index (χ3v) is 14.6. The van der Waals surface area contributed by atoms with Crippen LogP contribution in [0.5, 0.6) is 5.75 Å². The molecule has 3 saturated heterocycles. The molecule has 21 heteroatoms. The van der Waals surface area contributed by atoms with Crippen molar-refractivity contribution in [2.45, 2.75) is 56.0 Å². The number of fused-ring (bicyclic) bond motifs is 1. The van der Waals surface area contributed by atoms with Gasteiger partial charge in [-0.1, -0.05) is 36.4 Å². The number of aliphatic hydroxyl groups excluding tert-OH is 1. The van der Waals surface area contributed by atoms with Gasteiger partial charge in [0.1, 0.15) is 17.5 Å². The SMILES string of the molecule is CS(=O)(=O)N1CCC(C(=O)NCC(=O)NC2NC(c3cccc(-c4cccc(CNC(=O)C5CC5CNC(=O)COc5ccc6c(c5)C(=O)N(C5CCC(=O)NC5O)C6=O)c4)c3)CS2)C1. The molecule has 7 amide bonds. The van der Waals surface area contributed by atoms with Crippen molar-refractivity contribution >= 4 is 63.1 Å². The Balaban J connectivity index is 0.741. The second-order valence-electron chi connectivity index (χ2n) is 16.9. The predicted molar refractivity (Wildman–Crippen MR) is 236 cm³/mol. The van der Waals surface area contributed by atoms with Gasteiger partial charge in [0.25, 0.3) is 17.7 Å². The summed E-state index contributed by atoms with van der Waals surface area (Å²) in [6.45, 7) is 0.440. The molecule has 4 heterocycles. The molecule has 7 N–H and O–H groups in total. The molecular weight excluding hydrogens is 881 g/mol. The molecule has 4 aliphatic heterocycles. The van der Waals surface area contributed by atoms with Crippen molar-refractivity contribution in [1.82, 2.24) is 41.1 Å². The van der Waals surface area contributed by atoms with E-state index in [9.17, 15) is 47.1 Å². The third-order valence-electron chi connectivity index (χ3n) is 12.3. The first kappa shape index (κ1) is 45.7. The van der Waals surface area contributed by atoms with E-state index in [1.165, 1.54) is 22.5 Å². The lowest BCUT2D eigenvalue weighted by Gasteiger charge is -2.33. The van der Waals surface area contributed by atoms with Crippen LogP contribution < -0.4 is 36.6 Å². The lowest BCUT2D eigenvalue weighted by atomic mass is 9.98. The van der Waals surface area contributed by atoms with E-state index in [4.69, 9.17) is 4.74 Å². The summed E-state index contributed by atoms with van der Waals surface area (Å²) in [5.41, 5.74) is 3.77. The van der Waals surface area contributed by atoms with Crippen molar-refractivity contribution in [1.29, 1.82) is 0 Å².